The van der Waals surface area contributed by atoms with Crippen LogP contribution >= 0.6 is 11.6 Å². The zero-order chi connectivity index (χ0) is 26.6. The Balaban J connectivity index is 1.90. The zero-order valence-corrected chi connectivity index (χ0v) is 22.2. The maximum atomic E-state index is 13.7. The van der Waals surface area contributed by atoms with Crippen LogP contribution < -0.4 is 19.5 Å². The van der Waals surface area contributed by atoms with E-state index < -0.39 is 6.04 Å². The van der Waals surface area contributed by atoms with Crippen molar-refractivity contribution in [2.24, 2.45) is 0 Å². The number of hydrogen-bond acceptors (Lipinski definition) is 5. The van der Waals surface area contributed by atoms with E-state index in [1.165, 1.54) is 0 Å². The number of carbonyl (C=O) groups is 2. The first kappa shape index (κ1) is 27.9. The van der Waals surface area contributed by atoms with Crippen LogP contribution in [-0.4, -0.2) is 50.1 Å². The van der Waals surface area contributed by atoms with Crippen LogP contribution in [0.3, 0.4) is 0 Å². The Bertz CT molecular complexity index is 1150. The summed E-state index contributed by atoms with van der Waals surface area (Å²) in [5.41, 5.74) is 1.76. The summed E-state index contributed by atoms with van der Waals surface area (Å²) in [6.07, 6.45) is 1.14. The van der Waals surface area contributed by atoms with Gasteiger partial charge in [-0.2, -0.15) is 0 Å². The maximum absolute atomic E-state index is 13.7. The summed E-state index contributed by atoms with van der Waals surface area (Å²) in [5, 5.41) is 3.51. The highest BCUT2D eigenvalue weighted by Gasteiger charge is 2.30. The number of rotatable bonds is 13. The van der Waals surface area contributed by atoms with Crippen molar-refractivity contribution < 1.29 is 23.8 Å². The Morgan fingerprint density at radius 1 is 0.892 bits per heavy atom. The predicted molar refractivity (Wildman–Crippen MR) is 144 cm³/mol. The number of hydrogen-bond donors (Lipinski definition) is 1. The lowest BCUT2D eigenvalue weighted by Gasteiger charge is -2.31. The quantitative estimate of drug-likeness (QED) is 0.344. The predicted octanol–water partition coefficient (Wildman–Crippen LogP) is 4.90. The van der Waals surface area contributed by atoms with Crippen LogP contribution in [0.4, 0.5) is 0 Å². The molecule has 7 nitrogen and oxygen atoms in total. The van der Waals surface area contributed by atoms with Crippen molar-refractivity contribution in [3.63, 3.8) is 0 Å². The monoisotopic (exact) mass is 524 g/mol. The molecule has 8 heteroatoms. The normalized spacial score (nSPS) is 11.4. The molecule has 0 aliphatic rings. The molecule has 0 aliphatic heterocycles. The van der Waals surface area contributed by atoms with Crippen LogP contribution in [0.2, 0.25) is 5.02 Å². The van der Waals surface area contributed by atoms with E-state index in [9.17, 15) is 9.59 Å². The third kappa shape index (κ3) is 8.43. The van der Waals surface area contributed by atoms with Crippen LogP contribution in [0.1, 0.15) is 24.5 Å². The van der Waals surface area contributed by atoms with Crippen LogP contribution in [0.25, 0.3) is 0 Å². The summed E-state index contributed by atoms with van der Waals surface area (Å²) >= 11 is 6.22. The van der Waals surface area contributed by atoms with Crippen LogP contribution in [0.5, 0.6) is 17.2 Å². The van der Waals surface area contributed by atoms with E-state index in [1.54, 1.807) is 49.5 Å². The standard InChI is InChI=1S/C29H33ClN2O5/c1-4-13-31-29(34)27(15-21-9-6-5-7-10-21)32(19-22-11-8-12-23(30)14-22)28(33)20-37-26-17-24(35-2)16-25(18-26)36-3/h5-12,14,16-18,27H,4,13,15,19-20H2,1-3H3,(H,31,34)/t27-/m1/s1. The molecule has 0 aliphatic carbocycles. The molecule has 0 aromatic heterocycles. The van der Waals surface area contributed by atoms with Gasteiger partial charge < -0.3 is 24.4 Å². The molecule has 37 heavy (non-hydrogen) atoms. The smallest absolute Gasteiger partial charge is 0.261 e. The molecule has 0 spiro atoms. The summed E-state index contributed by atoms with van der Waals surface area (Å²) in [4.78, 5) is 28.6. The second kappa shape index (κ2) is 14.1. The van der Waals surface area contributed by atoms with Gasteiger partial charge in [0, 0.05) is 42.7 Å². The lowest BCUT2D eigenvalue weighted by atomic mass is 10.0. The number of halogens is 1. The molecular weight excluding hydrogens is 492 g/mol. The molecule has 0 radical (unpaired) electrons. The Labute approximate surface area is 223 Å². The van der Waals surface area contributed by atoms with Gasteiger partial charge in [0.05, 0.1) is 14.2 Å². The summed E-state index contributed by atoms with van der Waals surface area (Å²) < 4.78 is 16.4. The minimum absolute atomic E-state index is 0.196. The molecule has 2 amide bonds. The average Bonchev–Trinajstić information content (AvgIpc) is 2.92. The molecule has 3 aromatic rings. The highest BCUT2D eigenvalue weighted by Crippen LogP contribution is 2.27. The third-order valence-electron chi connectivity index (χ3n) is 5.75. The summed E-state index contributed by atoms with van der Waals surface area (Å²) in [5.74, 6) is 0.942. The van der Waals surface area contributed by atoms with Crippen molar-refractivity contribution in [2.45, 2.75) is 32.4 Å². The first-order chi connectivity index (χ1) is 17.9. The largest absolute Gasteiger partial charge is 0.496 e. The Morgan fingerprint density at radius 2 is 1.54 bits per heavy atom. The van der Waals surface area contributed by atoms with Crippen LogP contribution in [0.15, 0.2) is 72.8 Å². The van der Waals surface area contributed by atoms with E-state index in [0.717, 1.165) is 17.5 Å². The fraction of sp³-hybridized carbons (Fsp3) is 0.310. The molecule has 0 unspecified atom stereocenters. The van der Waals surface area contributed by atoms with Crippen molar-refractivity contribution in [1.82, 2.24) is 10.2 Å². The second-order valence-electron chi connectivity index (χ2n) is 8.49. The molecule has 1 N–H and O–H groups in total. The minimum Gasteiger partial charge on any atom is -0.496 e. The van der Waals surface area contributed by atoms with Gasteiger partial charge in [-0.15, -0.1) is 0 Å². The van der Waals surface area contributed by atoms with Gasteiger partial charge in [0.25, 0.3) is 5.91 Å². The van der Waals surface area contributed by atoms with Crippen LogP contribution in [-0.2, 0) is 22.6 Å². The number of carbonyl (C=O) groups excluding carboxylic acids is 2. The van der Waals surface area contributed by atoms with Gasteiger partial charge in [0.2, 0.25) is 5.91 Å². The van der Waals surface area contributed by atoms with Crippen molar-refractivity contribution in [1.29, 1.82) is 0 Å². The van der Waals surface area contributed by atoms with Gasteiger partial charge in [-0.05, 0) is 29.7 Å². The topological polar surface area (TPSA) is 77.1 Å². The fourth-order valence-corrected chi connectivity index (χ4v) is 4.06. The minimum atomic E-state index is -0.746. The summed E-state index contributed by atoms with van der Waals surface area (Å²) in [7, 11) is 3.08. The SMILES string of the molecule is CCCNC(=O)[C@@H](Cc1ccccc1)N(Cc1cccc(Cl)c1)C(=O)COc1cc(OC)cc(OC)c1. The molecule has 0 saturated heterocycles. The second-order valence-corrected chi connectivity index (χ2v) is 8.92. The highest BCUT2D eigenvalue weighted by molar-refractivity contribution is 6.30. The number of amides is 2. The van der Waals surface area contributed by atoms with Gasteiger partial charge in [-0.1, -0.05) is 61.0 Å². The first-order valence-corrected chi connectivity index (χ1v) is 12.5. The van der Waals surface area contributed by atoms with E-state index >= 15 is 0 Å². The lowest BCUT2D eigenvalue weighted by Crippen LogP contribution is -2.51. The maximum Gasteiger partial charge on any atom is 0.261 e. The van der Waals surface area contributed by atoms with Crippen LogP contribution in [0, 0.1) is 0 Å². The average molecular weight is 525 g/mol. The molecule has 1 atom stereocenters. The fourth-order valence-electron chi connectivity index (χ4n) is 3.84. The Kier molecular flexibility index (Phi) is 10.6. The zero-order valence-electron chi connectivity index (χ0n) is 21.4. The van der Waals surface area contributed by atoms with E-state index in [2.05, 4.69) is 5.32 Å². The molecule has 0 fully saturated rings. The van der Waals surface area contributed by atoms with Crippen molar-refractivity contribution >= 4 is 23.4 Å². The van der Waals surface area contributed by atoms with E-state index in [1.807, 2.05) is 49.4 Å². The number of nitrogens with zero attached hydrogens (tertiary/aromatic N) is 1. The Hall–Kier alpha value is -3.71. The highest BCUT2D eigenvalue weighted by atomic mass is 35.5. The first-order valence-electron chi connectivity index (χ1n) is 12.1. The number of nitrogens with one attached hydrogen (secondary N) is 1. The molecule has 3 rings (SSSR count). The van der Waals surface area contributed by atoms with E-state index in [-0.39, 0.29) is 25.0 Å². The van der Waals surface area contributed by atoms with Crippen molar-refractivity contribution in [3.8, 4) is 17.2 Å². The molecular formula is C29H33ClN2O5. The molecule has 0 saturated carbocycles. The third-order valence-corrected chi connectivity index (χ3v) is 5.98. The van der Waals surface area contributed by atoms with E-state index in [0.29, 0.717) is 35.2 Å². The van der Waals surface area contributed by atoms with Crippen molar-refractivity contribution in [3.05, 3.63) is 88.9 Å². The van der Waals surface area contributed by atoms with Gasteiger partial charge in [-0.3, -0.25) is 9.59 Å². The molecule has 196 valence electrons. The lowest BCUT2D eigenvalue weighted by molar-refractivity contribution is -0.142. The van der Waals surface area contributed by atoms with Gasteiger partial charge >= 0.3 is 0 Å². The summed E-state index contributed by atoms with van der Waals surface area (Å²) in [6, 6.07) is 21.2. The number of methoxy groups -OCH3 is 2. The Morgan fingerprint density at radius 3 is 2.16 bits per heavy atom. The summed E-state index contributed by atoms with van der Waals surface area (Å²) in [6.45, 7) is 2.42. The van der Waals surface area contributed by atoms with Gasteiger partial charge in [0.15, 0.2) is 6.61 Å². The molecule has 3 aromatic carbocycles. The van der Waals surface area contributed by atoms with E-state index in [4.69, 9.17) is 25.8 Å². The molecule has 0 heterocycles. The molecule has 0 bridgehead atoms. The van der Waals surface area contributed by atoms with Gasteiger partial charge in [-0.25, -0.2) is 0 Å². The van der Waals surface area contributed by atoms with Gasteiger partial charge in [0.1, 0.15) is 23.3 Å². The number of ether oxygens (including phenoxy) is 3. The number of benzene rings is 3. The van der Waals surface area contributed by atoms with Crippen molar-refractivity contribution in [2.75, 3.05) is 27.4 Å².